The number of nitrogens with two attached hydrogens (primary N) is 1. The van der Waals surface area contributed by atoms with Crippen LogP contribution >= 0.6 is 11.6 Å². The van der Waals surface area contributed by atoms with Gasteiger partial charge in [-0.05, 0) is 60.2 Å². The summed E-state index contributed by atoms with van der Waals surface area (Å²) in [6.07, 6.45) is 0.735. The molecular weight excluding hydrogens is 500 g/mol. The van der Waals surface area contributed by atoms with Gasteiger partial charge < -0.3 is 16.4 Å². The van der Waals surface area contributed by atoms with Crippen molar-refractivity contribution in [3.8, 4) is 11.3 Å². The van der Waals surface area contributed by atoms with E-state index in [9.17, 15) is 9.59 Å². The minimum absolute atomic E-state index is 0.0246. The number of aryl methyl sites for hydroxylation is 3. The molecule has 0 aliphatic carbocycles. The fraction of sp³-hybridized carbons (Fsp3) is 0.241. The average molecular weight is 529 g/mol. The molecule has 1 aliphatic rings. The Morgan fingerprint density at radius 1 is 1.11 bits per heavy atom. The normalized spacial score (nSPS) is 12.7. The van der Waals surface area contributed by atoms with Gasteiger partial charge in [0.1, 0.15) is 22.9 Å². The average Bonchev–Trinajstić information content (AvgIpc) is 3.10. The van der Waals surface area contributed by atoms with E-state index in [2.05, 4.69) is 48.5 Å². The number of hydrogen-bond acceptors (Lipinski definition) is 5. The second-order valence-corrected chi connectivity index (χ2v) is 10.9. The molecule has 0 atom stereocenters. The van der Waals surface area contributed by atoms with Crippen molar-refractivity contribution in [1.29, 1.82) is 0 Å². The zero-order valence-corrected chi connectivity index (χ0v) is 22.5. The Bertz CT molecular complexity index is 1580. The van der Waals surface area contributed by atoms with Crippen LogP contribution in [0.15, 0.2) is 54.6 Å². The lowest BCUT2D eigenvalue weighted by Crippen LogP contribution is -2.15. The summed E-state index contributed by atoms with van der Waals surface area (Å²) in [7, 11) is 0. The molecule has 0 spiro atoms. The van der Waals surface area contributed by atoms with Crippen LogP contribution in [0.3, 0.4) is 0 Å². The van der Waals surface area contributed by atoms with Gasteiger partial charge in [-0.1, -0.05) is 56.6 Å². The SMILES string of the molecule is Cc1cccc(NC(=O)c2ccc(-c3nn4c(c3C(N)=O)Nc3ccc(C(C)(C)C)cc3CC4)c(Cl)c2)n1. The number of rotatable bonds is 4. The first-order chi connectivity index (χ1) is 18.0. The molecule has 4 N–H and O–H groups in total. The first kappa shape index (κ1) is 25.5. The van der Waals surface area contributed by atoms with Crippen LogP contribution in [0.2, 0.25) is 5.02 Å². The second-order valence-electron chi connectivity index (χ2n) is 10.5. The third-order valence-electron chi connectivity index (χ3n) is 6.63. The van der Waals surface area contributed by atoms with Gasteiger partial charge in [-0.2, -0.15) is 5.10 Å². The number of primary amides is 1. The molecule has 38 heavy (non-hydrogen) atoms. The Labute approximate surface area is 226 Å². The van der Waals surface area contributed by atoms with Crippen molar-refractivity contribution < 1.29 is 9.59 Å². The maximum Gasteiger partial charge on any atom is 0.256 e. The summed E-state index contributed by atoms with van der Waals surface area (Å²) in [4.78, 5) is 29.8. The molecule has 0 saturated carbocycles. The maximum absolute atomic E-state index is 12.8. The number of hydrogen-bond donors (Lipinski definition) is 3. The summed E-state index contributed by atoms with van der Waals surface area (Å²) < 4.78 is 1.76. The van der Waals surface area contributed by atoms with E-state index < -0.39 is 5.91 Å². The quantitative estimate of drug-likeness (QED) is 0.307. The van der Waals surface area contributed by atoms with E-state index in [0.29, 0.717) is 35.0 Å². The van der Waals surface area contributed by atoms with E-state index in [1.807, 2.05) is 25.1 Å². The van der Waals surface area contributed by atoms with Crippen molar-refractivity contribution in [3.05, 3.63) is 87.6 Å². The first-order valence-corrected chi connectivity index (χ1v) is 12.7. The molecule has 3 heterocycles. The monoisotopic (exact) mass is 528 g/mol. The van der Waals surface area contributed by atoms with Crippen molar-refractivity contribution in [2.45, 2.75) is 46.1 Å². The second kappa shape index (κ2) is 9.61. The number of nitrogens with zero attached hydrogens (tertiary/aromatic N) is 3. The summed E-state index contributed by atoms with van der Waals surface area (Å²) in [5, 5.41) is 11.2. The Hall–Kier alpha value is -4.17. The van der Waals surface area contributed by atoms with E-state index in [-0.39, 0.29) is 21.9 Å². The van der Waals surface area contributed by atoms with Crippen molar-refractivity contribution >= 4 is 40.7 Å². The first-order valence-electron chi connectivity index (χ1n) is 12.4. The zero-order valence-electron chi connectivity index (χ0n) is 21.7. The summed E-state index contributed by atoms with van der Waals surface area (Å²) in [5.74, 6) is 0.00955. The third-order valence-corrected chi connectivity index (χ3v) is 6.95. The number of amides is 2. The Morgan fingerprint density at radius 3 is 2.58 bits per heavy atom. The highest BCUT2D eigenvalue weighted by atomic mass is 35.5. The molecule has 8 nitrogen and oxygen atoms in total. The van der Waals surface area contributed by atoms with Crippen LogP contribution in [0.25, 0.3) is 11.3 Å². The Balaban J connectivity index is 1.48. The molecule has 5 rings (SSSR count). The van der Waals surface area contributed by atoms with Gasteiger partial charge in [-0.3, -0.25) is 9.59 Å². The van der Waals surface area contributed by atoms with Gasteiger partial charge in [0.15, 0.2) is 0 Å². The molecule has 194 valence electrons. The standard InChI is InChI=1S/C29H29ClN6O2/c1-16-6-5-7-23(32-16)34-28(38)18-8-10-20(21(30)15-18)25-24(26(31)37)27-33-22-11-9-19(29(2,3)4)14-17(22)12-13-36(27)35-25/h5-11,14-15,33H,12-13H2,1-4H3,(H2,31,37)(H,32,34,38). The number of anilines is 3. The van der Waals surface area contributed by atoms with Crippen molar-refractivity contribution in [2.75, 3.05) is 10.6 Å². The number of benzene rings is 2. The van der Waals surface area contributed by atoms with Gasteiger partial charge >= 0.3 is 0 Å². The Morgan fingerprint density at radius 2 is 1.89 bits per heavy atom. The van der Waals surface area contributed by atoms with E-state index >= 15 is 0 Å². The molecule has 0 unspecified atom stereocenters. The van der Waals surface area contributed by atoms with Gasteiger partial charge in [0.25, 0.3) is 11.8 Å². The summed E-state index contributed by atoms with van der Waals surface area (Å²) in [6.45, 7) is 8.95. The van der Waals surface area contributed by atoms with Crippen LogP contribution in [0, 0.1) is 6.92 Å². The number of carbonyl (C=O) groups excluding carboxylic acids is 2. The molecule has 0 fully saturated rings. The van der Waals surface area contributed by atoms with Gasteiger partial charge in [0.2, 0.25) is 0 Å². The zero-order chi connectivity index (χ0) is 27.2. The predicted octanol–water partition coefficient (Wildman–Crippen LogP) is 5.86. The molecule has 4 aromatic rings. The van der Waals surface area contributed by atoms with Crippen LogP contribution < -0.4 is 16.4 Å². The highest BCUT2D eigenvalue weighted by Crippen LogP contribution is 2.38. The molecule has 2 aromatic carbocycles. The van der Waals surface area contributed by atoms with Crippen LogP contribution in [0.4, 0.5) is 17.3 Å². The number of carbonyl (C=O) groups is 2. The molecule has 0 saturated heterocycles. The molecule has 1 aliphatic heterocycles. The Kier molecular flexibility index (Phi) is 6.44. The molecule has 0 bridgehead atoms. The highest BCUT2D eigenvalue weighted by Gasteiger charge is 2.28. The summed E-state index contributed by atoms with van der Waals surface area (Å²) in [6, 6.07) is 16.6. The van der Waals surface area contributed by atoms with Crippen LogP contribution in [0.1, 0.15) is 58.3 Å². The van der Waals surface area contributed by atoms with Crippen molar-refractivity contribution in [2.24, 2.45) is 5.73 Å². The smallest absolute Gasteiger partial charge is 0.256 e. The van der Waals surface area contributed by atoms with E-state index in [1.165, 1.54) is 5.56 Å². The lowest BCUT2D eigenvalue weighted by atomic mass is 9.85. The lowest BCUT2D eigenvalue weighted by Gasteiger charge is -2.21. The van der Waals surface area contributed by atoms with Crippen molar-refractivity contribution in [3.63, 3.8) is 0 Å². The third kappa shape index (κ3) is 4.87. The molecule has 2 amide bonds. The summed E-state index contributed by atoms with van der Waals surface area (Å²) in [5.41, 5.74) is 11.4. The van der Waals surface area contributed by atoms with Crippen LogP contribution in [-0.2, 0) is 18.4 Å². The largest absolute Gasteiger partial charge is 0.365 e. The minimum Gasteiger partial charge on any atom is -0.365 e. The van der Waals surface area contributed by atoms with Crippen LogP contribution in [-0.4, -0.2) is 26.6 Å². The van der Waals surface area contributed by atoms with Gasteiger partial charge in [-0.25, -0.2) is 9.67 Å². The number of fused-ring (bicyclic) bond motifs is 2. The van der Waals surface area contributed by atoms with Gasteiger partial charge in [0.05, 0.1) is 5.02 Å². The molecular formula is C29H29ClN6O2. The number of nitrogens with one attached hydrogen (secondary N) is 2. The topological polar surface area (TPSA) is 115 Å². The maximum atomic E-state index is 12.8. The number of pyridine rings is 1. The van der Waals surface area contributed by atoms with Gasteiger partial charge in [-0.15, -0.1) is 0 Å². The fourth-order valence-electron chi connectivity index (χ4n) is 4.57. The minimum atomic E-state index is -0.619. The highest BCUT2D eigenvalue weighted by molar-refractivity contribution is 6.34. The summed E-state index contributed by atoms with van der Waals surface area (Å²) >= 11 is 6.63. The number of aromatic nitrogens is 3. The predicted molar refractivity (Wildman–Crippen MR) is 150 cm³/mol. The molecule has 2 aromatic heterocycles. The van der Waals surface area contributed by atoms with E-state index in [4.69, 9.17) is 22.4 Å². The lowest BCUT2D eigenvalue weighted by molar-refractivity contribution is 0.0998. The van der Waals surface area contributed by atoms with Crippen molar-refractivity contribution in [1.82, 2.24) is 14.8 Å². The molecule has 9 heteroatoms. The molecule has 0 radical (unpaired) electrons. The van der Waals surface area contributed by atoms with Gasteiger partial charge in [0, 0.05) is 29.1 Å². The van der Waals surface area contributed by atoms with Crippen LogP contribution in [0.5, 0.6) is 0 Å². The van der Waals surface area contributed by atoms with E-state index in [1.54, 1.807) is 28.9 Å². The fourth-order valence-corrected chi connectivity index (χ4v) is 4.84. The number of halogens is 1. The van der Waals surface area contributed by atoms with E-state index in [0.717, 1.165) is 23.4 Å².